The van der Waals surface area contributed by atoms with E-state index >= 15 is 0 Å². The molecule has 0 bridgehead atoms. The minimum absolute atomic E-state index is 0.0531. The Hall–Kier alpha value is -0.790. The van der Waals surface area contributed by atoms with Crippen molar-refractivity contribution in [1.29, 1.82) is 0 Å². The van der Waals surface area contributed by atoms with Crippen molar-refractivity contribution >= 4 is 18.0 Å². The van der Waals surface area contributed by atoms with Crippen molar-refractivity contribution in [2.24, 2.45) is 0 Å². The van der Waals surface area contributed by atoms with Crippen molar-refractivity contribution in [3.05, 3.63) is 11.6 Å². The van der Waals surface area contributed by atoms with Crippen LogP contribution < -0.4 is 0 Å². The third kappa shape index (κ3) is 15.9. The molecule has 0 amide bonds. The summed E-state index contributed by atoms with van der Waals surface area (Å²) in [6.45, 7) is 7.29. The van der Waals surface area contributed by atoms with Crippen LogP contribution in [0.4, 0.5) is 39.5 Å². The molecule has 2 rings (SSSR count). The van der Waals surface area contributed by atoms with Gasteiger partial charge in [0.15, 0.2) is 10.1 Å². The molecule has 0 N–H and O–H groups in total. The fraction of sp³-hybridized carbons (Fsp3) is 0.946. The van der Waals surface area contributed by atoms with Crippen LogP contribution in [0.5, 0.6) is 0 Å². The van der Waals surface area contributed by atoms with Crippen LogP contribution in [0.1, 0.15) is 155 Å². The Kier molecular flexibility index (Phi) is 21.6. The highest BCUT2D eigenvalue weighted by Crippen LogP contribution is 2.62. The minimum atomic E-state index is -7.43. The summed E-state index contributed by atoms with van der Waals surface area (Å²) >= 11 is 0. The van der Waals surface area contributed by atoms with Crippen LogP contribution in [0.15, 0.2) is 11.6 Å². The number of quaternary nitrogens is 1. The topological polar surface area (TPSA) is 60.4 Å². The van der Waals surface area contributed by atoms with E-state index in [9.17, 15) is 52.5 Å². The summed E-state index contributed by atoms with van der Waals surface area (Å²) in [4.78, 5) is 2.98. The SMILES string of the molecule is CCCCCCCCN(CCCCCCCC)C(=C[N+](C)(C)C)P(C1CCCCC1)C1CCCCC1.O=S(=O)([O-])C(F)(F)C(F)(F)C(F)(F)C(F)(F)F. The van der Waals surface area contributed by atoms with E-state index in [2.05, 4.69) is 46.1 Å². The molecule has 0 atom stereocenters. The normalized spacial score (nSPS) is 17.9. The lowest BCUT2D eigenvalue weighted by Gasteiger charge is -2.44. The molecule has 5 nitrogen and oxygen atoms in total. The summed E-state index contributed by atoms with van der Waals surface area (Å²) in [5, 5.41) is -7.11. The summed E-state index contributed by atoms with van der Waals surface area (Å²) < 4.78 is 136. The lowest BCUT2D eigenvalue weighted by molar-refractivity contribution is -0.817. The average Bonchev–Trinajstić information content (AvgIpc) is 3.06. The number of hydrogen-bond donors (Lipinski definition) is 0. The number of hydrogen-bond acceptors (Lipinski definition) is 4. The molecule has 0 aromatic heterocycles. The van der Waals surface area contributed by atoms with Gasteiger partial charge < -0.3 is 13.9 Å². The molecule has 53 heavy (non-hydrogen) atoms. The highest BCUT2D eigenvalue weighted by atomic mass is 32.2. The second-order valence-electron chi connectivity index (χ2n) is 15.7. The van der Waals surface area contributed by atoms with Crippen LogP contribution in [0, 0.1) is 0 Å². The Balaban J connectivity index is 0.000000695. The molecule has 0 unspecified atom stereocenters. The fourth-order valence-corrected chi connectivity index (χ4v) is 11.7. The number of halogens is 9. The third-order valence-corrected chi connectivity index (χ3v) is 14.4. The third-order valence-electron chi connectivity index (χ3n) is 10.0. The van der Waals surface area contributed by atoms with E-state index in [1.807, 2.05) is 5.44 Å². The summed E-state index contributed by atoms with van der Waals surface area (Å²) in [6.07, 6.45) is 27.5. The van der Waals surface area contributed by atoms with Crippen LogP contribution in [-0.4, -0.2) is 91.2 Å². The zero-order chi connectivity index (χ0) is 40.6. The molecule has 0 saturated heterocycles. The van der Waals surface area contributed by atoms with Crippen molar-refractivity contribution in [1.82, 2.24) is 4.90 Å². The highest BCUT2D eigenvalue weighted by Gasteiger charge is 2.83. The van der Waals surface area contributed by atoms with Gasteiger partial charge in [-0.2, -0.15) is 39.5 Å². The molecule has 0 aromatic rings. The molecule has 0 heterocycles. The summed E-state index contributed by atoms with van der Waals surface area (Å²) in [5.74, 6) is -14.8. The first kappa shape index (κ1) is 50.2. The zero-order valence-corrected chi connectivity index (χ0v) is 34.3. The fourth-order valence-electron chi connectivity index (χ4n) is 7.07. The van der Waals surface area contributed by atoms with E-state index < -0.39 is 33.4 Å². The Labute approximate surface area is 315 Å². The predicted octanol–water partition coefficient (Wildman–Crippen LogP) is 12.6. The molecule has 0 aromatic carbocycles. The molecular weight excluding hydrogens is 754 g/mol. The van der Waals surface area contributed by atoms with E-state index in [0.29, 0.717) is 0 Å². The van der Waals surface area contributed by atoms with E-state index in [0.717, 1.165) is 15.8 Å². The quantitative estimate of drug-likeness (QED) is 0.0359. The smallest absolute Gasteiger partial charge is 0.460 e. The largest absolute Gasteiger partial charge is 0.743 e. The lowest BCUT2D eigenvalue weighted by atomic mass is 9.99. The predicted molar refractivity (Wildman–Crippen MR) is 196 cm³/mol. The van der Waals surface area contributed by atoms with E-state index in [1.165, 1.54) is 154 Å². The Morgan fingerprint density at radius 1 is 0.642 bits per heavy atom. The lowest BCUT2D eigenvalue weighted by Crippen LogP contribution is -2.63. The number of alkyl halides is 9. The van der Waals surface area contributed by atoms with E-state index in [1.54, 1.807) is 0 Å². The van der Waals surface area contributed by atoms with Gasteiger partial charge in [-0.15, -0.1) is 0 Å². The van der Waals surface area contributed by atoms with Crippen LogP contribution >= 0.6 is 7.92 Å². The van der Waals surface area contributed by atoms with Crippen molar-refractivity contribution in [2.75, 3.05) is 34.2 Å². The van der Waals surface area contributed by atoms with Crippen LogP contribution in [0.25, 0.3) is 0 Å². The second kappa shape index (κ2) is 22.8. The van der Waals surface area contributed by atoms with Gasteiger partial charge in [0.1, 0.15) is 6.20 Å². The number of rotatable bonds is 22. The first-order valence-corrected chi connectivity index (χ1v) is 22.6. The summed E-state index contributed by atoms with van der Waals surface area (Å²) in [6, 6.07) is 0. The van der Waals surface area contributed by atoms with Gasteiger partial charge in [0.25, 0.3) is 0 Å². The summed E-state index contributed by atoms with van der Waals surface area (Å²) in [5.41, 5.74) is 3.83. The van der Waals surface area contributed by atoms with Crippen molar-refractivity contribution in [3.63, 3.8) is 0 Å². The molecule has 2 aliphatic rings. The molecule has 0 aliphatic heterocycles. The maximum atomic E-state index is 12.2. The number of unbranched alkanes of at least 4 members (excludes halogenated alkanes) is 10. The molecule has 2 saturated carbocycles. The molecule has 2 fully saturated rings. The second-order valence-corrected chi connectivity index (χ2v) is 19.9. The van der Waals surface area contributed by atoms with Crippen LogP contribution in [0.2, 0.25) is 0 Å². The van der Waals surface area contributed by atoms with Crippen molar-refractivity contribution < 1.29 is 57.0 Å². The van der Waals surface area contributed by atoms with E-state index in [4.69, 9.17) is 0 Å². The van der Waals surface area contributed by atoms with Gasteiger partial charge in [-0.3, -0.25) is 0 Å². The van der Waals surface area contributed by atoms with Gasteiger partial charge in [0.05, 0.1) is 26.6 Å². The first-order chi connectivity index (χ1) is 24.5. The molecular formula is C37H66F9N2O3PS. The van der Waals surface area contributed by atoms with Gasteiger partial charge >= 0.3 is 23.3 Å². The highest BCUT2D eigenvalue weighted by molar-refractivity contribution is 7.86. The molecule has 16 heteroatoms. The van der Waals surface area contributed by atoms with E-state index in [-0.39, 0.29) is 7.92 Å². The maximum absolute atomic E-state index is 12.2. The molecule has 0 spiro atoms. The van der Waals surface area contributed by atoms with Crippen LogP contribution in [-0.2, 0) is 10.1 Å². The van der Waals surface area contributed by atoms with Gasteiger partial charge in [-0.25, -0.2) is 8.42 Å². The average molecular weight is 821 g/mol. The molecule has 316 valence electrons. The van der Waals surface area contributed by atoms with Crippen LogP contribution in [0.3, 0.4) is 0 Å². The Morgan fingerprint density at radius 3 is 1.32 bits per heavy atom. The maximum Gasteiger partial charge on any atom is 0.460 e. The zero-order valence-electron chi connectivity index (χ0n) is 32.6. The first-order valence-electron chi connectivity index (χ1n) is 19.7. The minimum Gasteiger partial charge on any atom is -0.743 e. The number of nitrogens with zero attached hydrogens (tertiary/aromatic N) is 2. The van der Waals surface area contributed by atoms with Gasteiger partial charge in [-0.1, -0.05) is 117 Å². The standard InChI is InChI=1S/C33H66N2P.C4HF9O3S/c1-6-8-10-12-14-22-28-34(29-23-15-13-11-9-7-2)33(30-35(3,4)5)36(31-24-18-16-19-25-31)32-26-20-17-21-27-32;5-1(6,3(9,10)11)2(7,8)4(12,13)17(14,15)16/h30-32H,6-29H2,1-5H3;(H,14,15,16)/q+1;/p-1. The Bertz CT molecular complexity index is 1120. The van der Waals surface area contributed by atoms with Gasteiger partial charge in [0, 0.05) is 13.1 Å². The van der Waals surface area contributed by atoms with Crippen molar-refractivity contribution in [2.45, 2.75) is 190 Å². The summed E-state index contributed by atoms with van der Waals surface area (Å²) in [7, 11) is -0.253. The molecule has 2 aliphatic carbocycles. The van der Waals surface area contributed by atoms with Gasteiger partial charge in [-0.05, 0) is 57.8 Å². The Morgan fingerprint density at radius 2 is 1.00 bits per heavy atom. The monoisotopic (exact) mass is 820 g/mol. The molecule has 0 radical (unpaired) electrons. The van der Waals surface area contributed by atoms with Gasteiger partial charge in [0.2, 0.25) is 0 Å². The van der Waals surface area contributed by atoms with Crippen molar-refractivity contribution in [3.8, 4) is 0 Å².